The second kappa shape index (κ2) is 7.22. The highest BCUT2D eigenvalue weighted by Crippen LogP contribution is 2.25. The molecule has 1 fully saturated rings. The molecule has 2 aromatic rings. The van der Waals surface area contributed by atoms with E-state index in [2.05, 4.69) is 28.4 Å². The first-order valence-corrected chi connectivity index (χ1v) is 8.08. The van der Waals surface area contributed by atoms with Gasteiger partial charge in [-0.25, -0.2) is 4.79 Å². The van der Waals surface area contributed by atoms with Gasteiger partial charge in [-0.3, -0.25) is 0 Å². The van der Waals surface area contributed by atoms with Crippen molar-refractivity contribution in [2.45, 2.75) is 25.9 Å². The van der Waals surface area contributed by atoms with E-state index in [4.69, 9.17) is 4.42 Å². The van der Waals surface area contributed by atoms with Crippen LogP contribution in [0, 0.1) is 0 Å². The van der Waals surface area contributed by atoms with Crippen LogP contribution in [0.5, 0.6) is 0 Å². The van der Waals surface area contributed by atoms with Gasteiger partial charge in [0.25, 0.3) is 0 Å². The van der Waals surface area contributed by atoms with Gasteiger partial charge in [0.2, 0.25) is 0 Å². The summed E-state index contributed by atoms with van der Waals surface area (Å²) < 4.78 is 5.23. The molecule has 0 radical (unpaired) electrons. The third-order valence-electron chi connectivity index (χ3n) is 4.19. The molecule has 1 aliphatic heterocycles. The maximum Gasteiger partial charge on any atom is 0.317 e. The molecule has 0 unspecified atom stereocenters. The van der Waals surface area contributed by atoms with Crippen LogP contribution in [0.3, 0.4) is 0 Å². The minimum absolute atomic E-state index is 0.0994. The number of carbonyl (C=O) groups is 1. The van der Waals surface area contributed by atoms with Crippen molar-refractivity contribution in [2.75, 3.05) is 25.0 Å². The topological polar surface area (TPSA) is 48.7 Å². The van der Waals surface area contributed by atoms with Gasteiger partial charge in [-0.1, -0.05) is 18.2 Å². The number of para-hydroxylation sites is 1. The lowest BCUT2D eigenvalue weighted by Crippen LogP contribution is -2.36. The number of benzene rings is 1. The lowest BCUT2D eigenvalue weighted by molar-refractivity contribution is 0.205. The Bertz CT molecular complexity index is 633. The molecule has 0 saturated carbocycles. The van der Waals surface area contributed by atoms with Crippen LogP contribution in [-0.4, -0.2) is 31.1 Å². The Morgan fingerprint density at radius 1 is 1.22 bits per heavy atom. The predicted molar refractivity (Wildman–Crippen MR) is 90.3 cm³/mol. The average molecular weight is 313 g/mol. The Kier molecular flexibility index (Phi) is 4.86. The zero-order chi connectivity index (χ0) is 16.1. The van der Waals surface area contributed by atoms with Gasteiger partial charge in [-0.2, -0.15) is 0 Å². The van der Waals surface area contributed by atoms with E-state index < -0.39 is 0 Å². The van der Waals surface area contributed by atoms with Crippen molar-refractivity contribution in [1.29, 1.82) is 0 Å². The molecule has 1 saturated heterocycles. The molecule has 2 amide bonds. The van der Waals surface area contributed by atoms with E-state index in [9.17, 15) is 4.79 Å². The van der Waals surface area contributed by atoms with Gasteiger partial charge in [0.05, 0.1) is 12.8 Å². The molecule has 122 valence electrons. The fourth-order valence-electron chi connectivity index (χ4n) is 2.95. The zero-order valence-electron chi connectivity index (χ0n) is 13.5. The number of amides is 2. The van der Waals surface area contributed by atoms with E-state index >= 15 is 0 Å². The van der Waals surface area contributed by atoms with E-state index in [0.717, 1.165) is 18.8 Å². The van der Waals surface area contributed by atoms with Crippen molar-refractivity contribution in [3.8, 4) is 0 Å². The van der Waals surface area contributed by atoms with Gasteiger partial charge in [0.1, 0.15) is 5.76 Å². The largest absolute Gasteiger partial charge is 0.467 e. The summed E-state index contributed by atoms with van der Waals surface area (Å²) in [4.78, 5) is 16.3. The SMILES string of the molecule is CN(Cc1ccccc1N1CCCC1)C(=O)NCc1ccco1. The standard InChI is InChI=1S/C18H23N3O2/c1-20(18(22)19-13-16-8-6-12-23-16)14-15-7-2-3-9-17(15)21-10-4-5-11-21/h2-3,6-9,12H,4-5,10-11,13-14H2,1H3,(H,19,22). The van der Waals surface area contributed by atoms with Crippen LogP contribution in [0.4, 0.5) is 10.5 Å². The average Bonchev–Trinajstić information content (AvgIpc) is 3.26. The van der Waals surface area contributed by atoms with Crippen LogP contribution in [-0.2, 0) is 13.1 Å². The van der Waals surface area contributed by atoms with Crippen LogP contribution < -0.4 is 10.2 Å². The monoisotopic (exact) mass is 313 g/mol. The maximum absolute atomic E-state index is 12.2. The summed E-state index contributed by atoms with van der Waals surface area (Å²) >= 11 is 0. The van der Waals surface area contributed by atoms with Gasteiger partial charge < -0.3 is 19.5 Å². The van der Waals surface area contributed by atoms with Gasteiger partial charge in [-0.05, 0) is 36.6 Å². The summed E-state index contributed by atoms with van der Waals surface area (Å²) in [5, 5.41) is 2.87. The molecule has 23 heavy (non-hydrogen) atoms. The minimum Gasteiger partial charge on any atom is -0.467 e. The van der Waals surface area contributed by atoms with Crippen molar-refractivity contribution < 1.29 is 9.21 Å². The van der Waals surface area contributed by atoms with E-state index in [0.29, 0.717) is 13.1 Å². The number of hydrogen-bond acceptors (Lipinski definition) is 3. The molecule has 5 heteroatoms. The fraction of sp³-hybridized carbons (Fsp3) is 0.389. The normalized spacial score (nSPS) is 14.0. The lowest BCUT2D eigenvalue weighted by Gasteiger charge is -2.24. The Balaban J connectivity index is 1.60. The van der Waals surface area contributed by atoms with Crippen LogP contribution in [0.15, 0.2) is 47.1 Å². The third kappa shape index (κ3) is 3.86. The molecule has 1 aromatic heterocycles. The van der Waals surface area contributed by atoms with E-state index in [1.165, 1.54) is 24.1 Å². The van der Waals surface area contributed by atoms with Crippen LogP contribution >= 0.6 is 0 Å². The number of carbonyl (C=O) groups excluding carboxylic acids is 1. The highest BCUT2D eigenvalue weighted by Gasteiger charge is 2.17. The number of furan rings is 1. The summed E-state index contributed by atoms with van der Waals surface area (Å²) in [6, 6.07) is 11.9. The Morgan fingerprint density at radius 2 is 2.00 bits per heavy atom. The Hall–Kier alpha value is -2.43. The molecule has 0 atom stereocenters. The van der Waals surface area contributed by atoms with E-state index in [-0.39, 0.29) is 6.03 Å². The fourth-order valence-corrected chi connectivity index (χ4v) is 2.95. The molecular weight excluding hydrogens is 290 g/mol. The number of nitrogens with one attached hydrogen (secondary N) is 1. The van der Waals surface area contributed by atoms with Crippen LogP contribution in [0.1, 0.15) is 24.2 Å². The van der Waals surface area contributed by atoms with Crippen molar-refractivity contribution in [3.05, 3.63) is 54.0 Å². The van der Waals surface area contributed by atoms with Gasteiger partial charge in [0.15, 0.2) is 0 Å². The number of nitrogens with zero attached hydrogens (tertiary/aromatic N) is 2. The predicted octanol–water partition coefficient (Wildman–Crippen LogP) is 3.22. The van der Waals surface area contributed by atoms with Crippen molar-refractivity contribution in [3.63, 3.8) is 0 Å². The summed E-state index contributed by atoms with van der Waals surface area (Å²) in [5.41, 5.74) is 2.43. The molecule has 5 nitrogen and oxygen atoms in total. The molecule has 2 heterocycles. The van der Waals surface area contributed by atoms with Gasteiger partial charge >= 0.3 is 6.03 Å². The molecular formula is C18H23N3O2. The Labute approximate surface area is 136 Å². The first-order valence-electron chi connectivity index (χ1n) is 8.08. The second-order valence-corrected chi connectivity index (χ2v) is 5.92. The lowest BCUT2D eigenvalue weighted by atomic mass is 10.1. The summed E-state index contributed by atoms with van der Waals surface area (Å²) in [6.07, 6.45) is 4.10. The molecule has 3 rings (SSSR count). The number of urea groups is 1. The Morgan fingerprint density at radius 3 is 2.74 bits per heavy atom. The molecule has 0 aliphatic carbocycles. The van der Waals surface area contributed by atoms with Crippen molar-refractivity contribution >= 4 is 11.7 Å². The molecule has 0 spiro atoms. The van der Waals surface area contributed by atoms with Gasteiger partial charge in [-0.15, -0.1) is 0 Å². The van der Waals surface area contributed by atoms with Gasteiger partial charge in [0, 0.05) is 32.4 Å². The summed E-state index contributed by atoms with van der Waals surface area (Å²) in [6.45, 7) is 3.21. The van der Waals surface area contributed by atoms with E-state index in [1.54, 1.807) is 11.2 Å². The van der Waals surface area contributed by atoms with E-state index in [1.807, 2.05) is 25.2 Å². The smallest absolute Gasteiger partial charge is 0.317 e. The van der Waals surface area contributed by atoms with Crippen LogP contribution in [0.2, 0.25) is 0 Å². The maximum atomic E-state index is 12.2. The van der Waals surface area contributed by atoms with Crippen LogP contribution in [0.25, 0.3) is 0 Å². The second-order valence-electron chi connectivity index (χ2n) is 5.92. The van der Waals surface area contributed by atoms with Crippen molar-refractivity contribution in [1.82, 2.24) is 10.2 Å². The highest BCUT2D eigenvalue weighted by atomic mass is 16.3. The highest BCUT2D eigenvalue weighted by molar-refractivity contribution is 5.74. The molecule has 0 bridgehead atoms. The molecule has 1 aromatic carbocycles. The number of hydrogen-bond donors (Lipinski definition) is 1. The molecule has 1 aliphatic rings. The minimum atomic E-state index is -0.0994. The summed E-state index contributed by atoms with van der Waals surface area (Å²) in [5.74, 6) is 0.754. The zero-order valence-corrected chi connectivity index (χ0v) is 13.5. The van der Waals surface area contributed by atoms with Crippen molar-refractivity contribution in [2.24, 2.45) is 0 Å². The quantitative estimate of drug-likeness (QED) is 0.922. The first kappa shape index (κ1) is 15.5. The first-order chi connectivity index (χ1) is 11.2. The summed E-state index contributed by atoms with van der Waals surface area (Å²) in [7, 11) is 1.82. The third-order valence-corrected chi connectivity index (χ3v) is 4.19. The molecule has 1 N–H and O–H groups in total. The number of anilines is 1. The number of rotatable bonds is 5.